The van der Waals surface area contributed by atoms with Crippen molar-refractivity contribution in [2.45, 2.75) is 25.8 Å². The quantitative estimate of drug-likeness (QED) is 0.676. The van der Waals surface area contributed by atoms with Crippen LogP contribution in [0, 0.1) is 6.92 Å². The Hall–Kier alpha value is -3.35. The smallest absolute Gasteiger partial charge is 0.257 e. The monoisotopic (exact) mass is 391 g/mol. The Kier molecular flexibility index (Phi) is 4.42. The van der Waals surface area contributed by atoms with Gasteiger partial charge in [0.2, 0.25) is 0 Å². The molecule has 2 aliphatic rings. The van der Waals surface area contributed by atoms with Gasteiger partial charge in [0.25, 0.3) is 11.8 Å². The molecule has 0 saturated carbocycles. The third-order valence-corrected chi connectivity index (χ3v) is 5.37. The second kappa shape index (κ2) is 7.24. The lowest BCUT2D eigenvalue weighted by Crippen LogP contribution is -2.30. The van der Waals surface area contributed by atoms with Crippen LogP contribution in [0.2, 0.25) is 0 Å². The van der Waals surface area contributed by atoms with Crippen molar-refractivity contribution in [3.05, 3.63) is 59.4 Å². The van der Waals surface area contributed by atoms with Crippen LogP contribution in [-0.4, -0.2) is 40.7 Å². The standard InChI is InChI=1S/C22H21N3O4/c1-14-23-21(29-24-14)15-4-6-16(7-5-15)22(26)25-10-2-3-18(25)17-8-9-19-20(13-17)28-12-11-27-19/h4-9,13,18H,2-3,10-12H2,1H3. The number of likely N-dealkylation sites (tertiary alicyclic amines) is 1. The predicted molar refractivity (Wildman–Crippen MR) is 105 cm³/mol. The van der Waals surface area contributed by atoms with Crippen molar-refractivity contribution in [2.75, 3.05) is 19.8 Å². The molecule has 1 amide bonds. The number of aryl methyl sites for hydroxylation is 1. The molecule has 3 heterocycles. The van der Waals surface area contributed by atoms with E-state index in [1.54, 1.807) is 6.92 Å². The number of fused-ring (bicyclic) bond motifs is 1. The number of hydrogen-bond donors (Lipinski definition) is 0. The summed E-state index contributed by atoms with van der Waals surface area (Å²) in [5.74, 6) is 2.59. The van der Waals surface area contributed by atoms with Gasteiger partial charge in [-0.3, -0.25) is 4.79 Å². The van der Waals surface area contributed by atoms with E-state index in [1.807, 2.05) is 47.4 Å². The maximum atomic E-state index is 13.2. The summed E-state index contributed by atoms with van der Waals surface area (Å²) in [6.45, 7) is 3.63. The second-order valence-corrected chi connectivity index (χ2v) is 7.28. The lowest BCUT2D eigenvalue weighted by atomic mass is 10.0. The minimum atomic E-state index is 0.0237. The lowest BCUT2D eigenvalue weighted by Gasteiger charge is -2.27. The minimum Gasteiger partial charge on any atom is -0.486 e. The first-order chi connectivity index (χ1) is 14.2. The van der Waals surface area contributed by atoms with Crippen molar-refractivity contribution in [3.63, 3.8) is 0 Å². The van der Waals surface area contributed by atoms with Crippen LogP contribution in [0.3, 0.4) is 0 Å². The van der Waals surface area contributed by atoms with Crippen LogP contribution < -0.4 is 9.47 Å². The summed E-state index contributed by atoms with van der Waals surface area (Å²) >= 11 is 0. The van der Waals surface area contributed by atoms with E-state index in [4.69, 9.17) is 14.0 Å². The van der Waals surface area contributed by atoms with Gasteiger partial charge in [-0.05, 0) is 61.7 Å². The maximum absolute atomic E-state index is 13.2. The van der Waals surface area contributed by atoms with Crippen LogP contribution in [0.15, 0.2) is 47.0 Å². The number of rotatable bonds is 3. The van der Waals surface area contributed by atoms with Crippen LogP contribution in [-0.2, 0) is 0 Å². The molecular weight excluding hydrogens is 370 g/mol. The molecule has 1 unspecified atom stereocenters. The molecule has 0 radical (unpaired) electrons. The van der Waals surface area contributed by atoms with Crippen LogP contribution >= 0.6 is 0 Å². The SMILES string of the molecule is Cc1noc(-c2ccc(C(=O)N3CCCC3c3ccc4c(c3)OCCO4)cc2)n1. The van der Waals surface area contributed by atoms with Gasteiger partial charge in [0.1, 0.15) is 13.2 Å². The number of nitrogens with zero attached hydrogens (tertiary/aromatic N) is 3. The zero-order chi connectivity index (χ0) is 19.8. The van der Waals surface area contributed by atoms with Gasteiger partial charge in [0, 0.05) is 17.7 Å². The molecule has 0 aliphatic carbocycles. The molecule has 1 atom stereocenters. The number of ether oxygens (including phenoxy) is 2. The van der Waals surface area contributed by atoms with Gasteiger partial charge in [-0.25, -0.2) is 0 Å². The Bertz CT molecular complexity index is 1040. The van der Waals surface area contributed by atoms with Crippen molar-refractivity contribution in [2.24, 2.45) is 0 Å². The van der Waals surface area contributed by atoms with Crippen molar-refractivity contribution in [1.82, 2.24) is 15.0 Å². The summed E-state index contributed by atoms with van der Waals surface area (Å²) in [6.07, 6.45) is 1.91. The molecule has 1 fully saturated rings. The Balaban J connectivity index is 1.37. The molecule has 2 aromatic carbocycles. The maximum Gasteiger partial charge on any atom is 0.257 e. The molecule has 7 heteroatoms. The number of aromatic nitrogens is 2. The number of hydrogen-bond acceptors (Lipinski definition) is 6. The molecule has 0 bridgehead atoms. The minimum absolute atomic E-state index is 0.0237. The molecule has 1 aromatic heterocycles. The van der Waals surface area contributed by atoms with Gasteiger partial charge in [-0.2, -0.15) is 4.98 Å². The van der Waals surface area contributed by atoms with E-state index in [2.05, 4.69) is 10.1 Å². The number of benzene rings is 2. The zero-order valence-corrected chi connectivity index (χ0v) is 16.1. The van der Waals surface area contributed by atoms with E-state index in [0.717, 1.165) is 42.0 Å². The van der Waals surface area contributed by atoms with E-state index >= 15 is 0 Å². The molecule has 3 aromatic rings. The summed E-state index contributed by atoms with van der Waals surface area (Å²) in [7, 11) is 0. The van der Waals surface area contributed by atoms with Gasteiger partial charge in [0.05, 0.1) is 6.04 Å². The van der Waals surface area contributed by atoms with Crippen molar-refractivity contribution in [3.8, 4) is 23.0 Å². The summed E-state index contributed by atoms with van der Waals surface area (Å²) in [6, 6.07) is 13.3. The van der Waals surface area contributed by atoms with Gasteiger partial charge in [-0.1, -0.05) is 11.2 Å². The van der Waals surface area contributed by atoms with E-state index in [-0.39, 0.29) is 11.9 Å². The molecule has 148 valence electrons. The van der Waals surface area contributed by atoms with Gasteiger partial charge >= 0.3 is 0 Å². The molecule has 29 heavy (non-hydrogen) atoms. The molecule has 5 rings (SSSR count). The first-order valence-electron chi connectivity index (χ1n) is 9.80. The van der Waals surface area contributed by atoms with E-state index in [1.165, 1.54) is 0 Å². The second-order valence-electron chi connectivity index (χ2n) is 7.28. The Labute approximate surface area is 168 Å². The van der Waals surface area contributed by atoms with Crippen molar-refractivity contribution < 1.29 is 18.8 Å². The first-order valence-corrected chi connectivity index (χ1v) is 9.80. The average Bonchev–Trinajstić information content (AvgIpc) is 3.42. The summed E-state index contributed by atoms with van der Waals surface area (Å²) in [4.78, 5) is 19.4. The highest BCUT2D eigenvalue weighted by molar-refractivity contribution is 5.95. The van der Waals surface area contributed by atoms with Crippen LogP contribution in [0.1, 0.15) is 40.6 Å². The van der Waals surface area contributed by atoms with E-state index in [0.29, 0.717) is 30.5 Å². The fraction of sp³-hybridized carbons (Fsp3) is 0.318. The molecule has 0 spiro atoms. The van der Waals surface area contributed by atoms with E-state index < -0.39 is 0 Å². The fourth-order valence-corrected chi connectivity index (χ4v) is 3.96. The van der Waals surface area contributed by atoms with Crippen molar-refractivity contribution in [1.29, 1.82) is 0 Å². The predicted octanol–water partition coefficient (Wildman–Crippen LogP) is 3.79. The molecule has 7 nitrogen and oxygen atoms in total. The summed E-state index contributed by atoms with van der Waals surface area (Å²) in [5, 5.41) is 3.81. The molecule has 2 aliphatic heterocycles. The van der Waals surface area contributed by atoms with Crippen LogP contribution in [0.25, 0.3) is 11.5 Å². The van der Waals surface area contributed by atoms with Gasteiger partial charge in [-0.15, -0.1) is 0 Å². The zero-order valence-electron chi connectivity index (χ0n) is 16.1. The highest BCUT2D eigenvalue weighted by Crippen LogP contribution is 2.38. The summed E-state index contributed by atoms with van der Waals surface area (Å²) < 4.78 is 16.5. The lowest BCUT2D eigenvalue weighted by molar-refractivity contribution is 0.0735. The first kappa shape index (κ1) is 17.7. The molecular formula is C22H21N3O4. The Morgan fingerprint density at radius 3 is 2.62 bits per heavy atom. The number of carbonyl (C=O) groups is 1. The average molecular weight is 391 g/mol. The van der Waals surface area contributed by atoms with Crippen LogP contribution in [0.5, 0.6) is 11.5 Å². The normalized spacial score (nSPS) is 18.1. The highest BCUT2D eigenvalue weighted by Gasteiger charge is 2.31. The highest BCUT2D eigenvalue weighted by atomic mass is 16.6. The third kappa shape index (κ3) is 3.33. The number of carbonyl (C=O) groups excluding carboxylic acids is 1. The van der Waals surface area contributed by atoms with Crippen LogP contribution in [0.4, 0.5) is 0 Å². The number of amides is 1. The fourth-order valence-electron chi connectivity index (χ4n) is 3.96. The van der Waals surface area contributed by atoms with Crippen molar-refractivity contribution >= 4 is 5.91 Å². The van der Waals surface area contributed by atoms with Gasteiger partial charge in [0.15, 0.2) is 17.3 Å². The third-order valence-electron chi connectivity index (χ3n) is 5.37. The largest absolute Gasteiger partial charge is 0.486 e. The Morgan fingerprint density at radius 2 is 1.86 bits per heavy atom. The molecule has 1 saturated heterocycles. The molecule has 0 N–H and O–H groups in total. The van der Waals surface area contributed by atoms with Gasteiger partial charge < -0.3 is 18.9 Å². The van der Waals surface area contributed by atoms with E-state index in [9.17, 15) is 4.79 Å². The summed E-state index contributed by atoms with van der Waals surface area (Å²) in [5.41, 5.74) is 2.53. The topological polar surface area (TPSA) is 77.7 Å². The Morgan fingerprint density at radius 1 is 1.07 bits per heavy atom.